The van der Waals surface area contributed by atoms with Gasteiger partial charge in [-0.15, -0.1) is 0 Å². The lowest BCUT2D eigenvalue weighted by Gasteiger charge is -2.72. The first-order valence-electron chi connectivity index (χ1n) is 13.2. The predicted octanol–water partition coefficient (Wildman–Crippen LogP) is 6.96. The standard InChI is InChI=1S/C29H46O2/c1-18(2)19-10-15-29(31)17-16-27(6)20(24(19)29)8-9-22-26(5)13-12-23(30)25(3,4)21(26)11-14-28(22,27)7/h19-22,24,31H,1,8-17H2,2-7H3/t19?,20?,21?,22?,24?,26-,27+,28+,29-/m0/s1. The zero-order valence-corrected chi connectivity index (χ0v) is 21.0. The van der Waals surface area contributed by atoms with Crippen LogP contribution in [0.1, 0.15) is 106 Å². The molecule has 174 valence electrons. The van der Waals surface area contributed by atoms with Gasteiger partial charge in [0.1, 0.15) is 5.78 Å². The molecular formula is C29H46O2. The molecule has 5 saturated carbocycles. The monoisotopic (exact) mass is 426 g/mol. The third-order valence-electron chi connectivity index (χ3n) is 12.8. The van der Waals surface area contributed by atoms with Crippen molar-refractivity contribution in [3.63, 3.8) is 0 Å². The van der Waals surface area contributed by atoms with E-state index >= 15 is 0 Å². The minimum Gasteiger partial charge on any atom is -0.390 e. The zero-order valence-electron chi connectivity index (χ0n) is 21.0. The molecular weight excluding hydrogens is 380 g/mol. The number of allylic oxidation sites excluding steroid dienone is 1. The Morgan fingerprint density at radius 2 is 1.58 bits per heavy atom. The van der Waals surface area contributed by atoms with Crippen LogP contribution in [-0.2, 0) is 4.79 Å². The molecule has 0 amide bonds. The van der Waals surface area contributed by atoms with E-state index in [9.17, 15) is 9.90 Å². The van der Waals surface area contributed by atoms with E-state index in [1.54, 1.807) is 0 Å². The zero-order chi connectivity index (χ0) is 22.6. The fourth-order valence-corrected chi connectivity index (χ4v) is 10.9. The normalized spacial score (nSPS) is 55.6. The SMILES string of the molecule is C=C(C)C1CC[C@]2(O)CC[C@]3(C)C(CCC4[C@@]5(C)CCC(=O)C(C)(C)C5CC[C@]43C)C12. The summed E-state index contributed by atoms with van der Waals surface area (Å²) in [4.78, 5) is 12.9. The molecule has 2 nitrogen and oxygen atoms in total. The van der Waals surface area contributed by atoms with Crippen molar-refractivity contribution in [2.24, 2.45) is 51.2 Å². The van der Waals surface area contributed by atoms with Crippen molar-refractivity contribution in [2.45, 2.75) is 111 Å². The molecule has 0 spiro atoms. The summed E-state index contributed by atoms with van der Waals surface area (Å²) in [5.41, 5.74) is 1.52. The van der Waals surface area contributed by atoms with E-state index in [0.29, 0.717) is 40.8 Å². The van der Waals surface area contributed by atoms with Crippen molar-refractivity contribution in [1.82, 2.24) is 0 Å². The molecule has 5 aliphatic rings. The lowest BCUT2D eigenvalue weighted by molar-refractivity contribution is -0.242. The van der Waals surface area contributed by atoms with Gasteiger partial charge in [-0.25, -0.2) is 0 Å². The molecule has 0 aromatic carbocycles. The van der Waals surface area contributed by atoms with Gasteiger partial charge in [0.15, 0.2) is 0 Å². The minimum absolute atomic E-state index is 0.171. The van der Waals surface area contributed by atoms with Crippen molar-refractivity contribution in [2.75, 3.05) is 0 Å². The van der Waals surface area contributed by atoms with Gasteiger partial charge in [0.2, 0.25) is 0 Å². The van der Waals surface area contributed by atoms with Crippen molar-refractivity contribution in [3.8, 4) is 0 Å². The van der Waals surface area contributed by atoms with Gasteiger partial charge < -0.3 is 5.11 Å². The number of carbonyl (C=O) groups is 1. The van der Waals surface area contributed by atoms with Crippen LogP contribution >= 0.6 is 0 Å². The largest absolute Gasteiger partial charge is 0.390 e. The Bertz CT molecular complexity index is 812. The molecule has 5 rings (SSSR count). The summed E-state index contributed by atoms with van der Waals surface area (Å²) < 4.78 is 0. The van der Waals surface area contributed by atoms with Crippen molar-refractivity contribution < 1.29 is 9.90 Å². The lowest BCUT2D eigenvalue weighted by Crippen LogP contribution is -2.67. The number of rotatable bonds is 1. The highest BCUT2D eigenvalue weighted by molar-refractivity contribution is 5.85. The third-order valence-corrected chi connectivity index (χ3v) is 12.8. The number of Topliss-reactive ketones (excluding diaryl/α,β-unsaturated/α-hetero) is 1. The molecule has 0 radical (unpaired) electrons. The average molecular weight is 427 g/mol. The van der Waals surface area contributed by atoms with Gasteiger partial charge in [0.05, 0.1) is 5.60 Å². The number of carbonyl (C=O) groups excluding carboxylic acids is 1. The van der Waals surface area contributed by atoms with Crippen molar-refractivity contribution in [3.05, 3.63) is 12.2 Å². The number of aliphatic hydroxyl groups is 1. The fourth-order valence-electron chi connectivity index (χ4n) is 10.9. The van der Waals surface area contributed by atoms with Gasteiger partial charge in [0, 0.05) is 11.8 Å². The van der Waals surface area contributed by atoms with Crippen LogP contribution in [0.15, 0.2) is 12.2 Å². The van der Waals surface area contributed by atoms with Crippen LogP contribution in [-0.4, -0.2) is 16.5 Å². The first-order chi connectivity index (χ1) is 14.3. The number of fused-ring (bicyclic) bond motifs is 7. The Morgan fingerprint density at radius 1 is 0.871 bits per heavy atom. The maximum Gasteiger partial charge on any atom is 0.138 e. The van der Waals surface area contributed by atoms with E-state index in [4.69, 9.17) is 0 Å². The first kappa shape index (κ1) is 22.2. The molecule has 2 heteroatoms. The summed E-state index contributed by atoms with van der Waals surface area (Å²) in [5.74, 6) is 3.22. The number of hydrogen-bond acceptors (Lipinski definition) is 2. The molecule has 1 N–H and O–H groups in total. The summed E-state index contributed by atoms with van der Waals surface area (Å²) in [6.45, 7) is 18.8. The summed E-state index contributed by atoms with van der Waals surface area (Å²) in [6.07, 6.45) is 11.1. The second-order valence-electron chi connectivity index (χ2n) is 13.9. The van der Waals surface area contributed by atoms with E-state index in [-0.39, 0.29) is 16.2 Å². The van der Waals surface area contributed by atoms with Gasteiger partial charge in [-0.2, -0.15) is 0 Å². The maximum atomic E-state index is 12.9. The van der Waals surface area contributed by atoms with Crippen LogP contribution < -0.4 is 0 Å². The molecule has 0 aliphatic heterocycles. The molecule has 5 fully saturated rings. The van der Waals surface area contributed by atoms with Crippen LogP contribution in [0.4, 0.5) is 0 Å². The molecule has 5 unspecified atom stereocenters. The van der Waals surface area contributed by atoms with Crippen molar-refractivity contribution in [1.29, 1.82) is 0 Å². The van der Waals surface area contributed by atoms with Gasteiger partial charge in [-0.05, 0) is 111 Å². The number of hydrogen-bond donors (Lipinski definition) is 1. The van der Waals surface area contributed by atoms with E-state index in [1.807, 2.05) is 0 Å². The highest BCUT2D eigenvalue weighted by atomic mass is 16.3. The number of ketones is 1. The predicted molar refractivity (Wildman–Crippen MR) is 126 cm³/mol. The Hall–Kier alpha value is -0.630. The summed E-state index contributed by atoms with van der Waals surface area (Å²) >= 11 is 0. The lowest BCUT2D eigenvalue weighted by atomic mass is 9.33. The molecule has 0 aromatic rings. The smallest absolute Gasteiger partial charge is 0.138 e. The summed E-state index contributed by atoms with van der Waals surface area (Å²) in [7, 11) is 0. The van der Waals surface area contributed by atoms with E-state index in [2.05, 4.69) is 48.1 Å². The quantitative estimate of drug-likeness (QED) is 0.460. The Kier molecular flexibility index (Phi) is 4.64. The molecule has 0 aromatic heterocycles. The third kappa shape index (κ3) is 2.58. The second kappa shape index (κ2) is 6.49. The minimum atomic E-state index is -0.461. The van der Waals surface area contributed by atoms with E-state index in [1.165, 1.54) is 37.7 Å². The Balaban J connectivity index is 1.55. The molecule has 0 saturated heterocycles. The van der Waals surface area contributed by atoms with Gasteiger partial charge in [0.25, 0.3) is 0 Å². The fraction of sp³-hybridized carbons (Fsp3) is 0.897. The van der Waals surface area contributed by atoms with Crippen LogP contribution in [0.3, 0.4) is 0 Å². The van der Waals surface area contributed by atoms with E-state index in [0.717, 1.165) is 32.1 Å². The molecule has 5 aliphatic carbocycles. The molecule has 31 heavy (non-hydrogen) atoms. The highest BCUT2D eigenvalue weighted by Gasteiger charge is 2.70. The topological polar surface area (TPSA) is 37.3 Å². The molecule has 9 atom stereocenters. The summed E-state index contributed by atoms with van der Waals surface area (Å²) in [6, 6.07) is 0. The van der Waals surface area contributed by atoms with Gasteiger partial charge in [-0.3, -0.25) is 4.79 Å². The first-order valence-corrected chi connectivity index (χ1v) is 13.2. The van der Waals surface area contributed by atoms with Gasteiger partial charge in [-0.1, -0.05) is 46.8 Å². The molecule has 0 heterocycles. The van der Waals surface area contributed by atoms with E-state index < -0.39 is 5.60 Å². The van der Waals surface area contributed by atoms with Crippen LogP contribution in [0, 0.1) is 51.2 Å². The average Bonchev–Trinajstić information content (AvgIpc) is 3.04. The highest BCUT2D eigenvalue weighted by Crippen LogP contribution is 2.76. The summed E-state index contributed by atoms with van der Waals surface area (Å²) in [5, 5.41) is 11.7. The van der Waals surface area contributed by atoms with Crippen LogP contribution in [0.5, 0.6) is 0 Å². The van der Waals surface area contributed by atoms with Crippen LogP contribution in [0.25, 0.3) is 0 Å². The Labute approximate surface area is 190 Å². The molecule has 0 bridgehead atoms. The van der Waals surface area contributed by atoms with Gasteiger partial charge >= 0.3 is 0 Å². The van der Waals surface area contributed by atoms with Crippen LogP contribution in [0.2, 0.25) is 0 Å². The second-order valence-corrected chi connectivity index (χ2v) is 13.9. The maximum absolute atomic E-state index is 12.9. The van der Waals surface area contributed by atoms with Crippen molar-refractivity contribution >= 4 is 5.78 Å². The Morgan fingerprint density at radius 3 is 2.26 bits per heavy atom.